The summed E-state index contributed by atoms with van der Waals surface area (Å²) in [6.45, 7) is 4.94. The highest BCUT2D eigenvalue weighted by atomic mass is 35.7. The second-order valence-electron chi connectivity index (χ2n) is 7.37. The zero-order chi connectivity index (χ0) is 13.8. The van der Waals surface area contributed by atoms with Gasteiger partial charge in [0.2, 0.25) is 0 Å². The first kappa shape index (κ1) is 14.5. The molecule has 4 aliphatic carbocycles. The normalized spacial score (nSPS) is 49.8. The predicted molar refractivity (Wildman–Crippen MR) is 54.3 cm³/mol. The molecule has 0 aromatic rings. The van der Waals surface area contributed by atoms with Crippen LogP contribution in [-0.2, 0) is 0 Å². The summed E-state index contributed by atoms with van der Waals surface area (Å²) in [4.78, 5) is 0. The molecule has 0 radical (unpaired) electrons. The van der Waals surface area contributed by atoms with Gasteiger partial charge in [0.25, 0.3) is 0 Å². The summed E-state index contributed by atoms with van der Waals surface area (Å²) in [6.07, 6.45) is 8.27. The summed E-state index contributed by atoms with van der Waals surface area (Å²) in [7, 11) is -4.94. The molecule has 0 saturated heterocycles. The Morgan fingerprint density at radius 1 is 0.889 bits per heavy atom. The summed E-state index contributed by atoms with van der Waals surface area (Å²) in [5, 5.41) is 0. The van der Waals surface area contributed by atoms with Gasteiger partial charge in [-0.15, -0.1) is 10.2 Å². The highest BCUT2D eigenvalue weighted by Crippen LogP contribution is 2.65. The van der Waals surface area contributed by atoms with E-state index in [1.807, 2.05) is 0 Å². The molecule has 0 aromatic heterocycles. The molecule has 6 heteroatoms. The van der Waals surface area contributed by atoms with Gasteiger partial charge in [0.15, 0.2) is 0 Å². The summed E-state index contributed by atoms with van der Waals surface area (Å²) < 4.78 is 34.0. The molecule has 5 nitrogen and oxygen atoms in total. The maximum absolute atomic E-state index is 8.49. The maximum Gasteiger partial charge on any atom is 0.0167 e. The van der Waals surface area contributed by atoms with E-state index in [-0.39, 0.29) is 5.54 Å². The number of nitrogens with two attached hydrogens (primary N) is 1. The summed E-state index contributed by atoms with van der Waals surface area (Å²) >= 11 is 0. The van der Waals surface area contributed by atoms with Gasteiger partial charge in [0.1, 0.15) is 0 Å². The third kappa shape index (κ3) is 3.35. The zero-order valence-corrected chi connectivity index (χ0v) is 11.7. The lowest BCUT2D eigenvalue weighted by Gasteiger charge is -2.64. The Morgan fingerprint density at radius 2 is 1.28 bits per heavy atom. The monoisotopic (exact) mass is 278 g/mol. The Labute approximate surface area is 110 Å². The fraction of sp³-hybridized carbons (Fsp3) is 1.00. The summed E-state index contributed by atoms with van der Waals surface area (Å²) in [5.41, 5.74) is 7.92. The van der Waals surface area contributed by atoms with Crippen LogP contribution in [0.5, 0.6) is 0 Å². The van der Waals surface area contributed by atoms with Crippen LogP contribution < -0.4 is 24.4 Å². The van der Waals surface area contributed by atoms with Crippen molar-refractivity contribution >= 4 is 0 Å². The fourth-order valence-electron chi connectivity index (χ4n) is 5.54. The van der Waals surface area contributed by atoms with E-state index >= 15 is 0 Å². The van der Waals surface area contributed by atoms with Gasteiger partial charge >= 0.3 is 0 Å². The van der Waals surface area contributed by atoms with E-state index in [2.05, 4.69) is 13.8 Å². The van der Waals surface area contributed by atoms with Crippen molar-refractivity contribution in [3.8, 4) is 0 Å². The van der Waals surface area contributed by atoms with Crippen LogP contribution in [0.3, 0.4) is 0 Å². The molecule has 4 rings (SSSR count). The molecular weight excluding hydrogens is 258 g/mol. The van der Waals surface area contributed by atoms with Gasteiger partial charge in [-0.05, 0) is 55.3 Å². The van der Waals surface area contributed by atoms with Crippen molar-refractivity contribution in [2.45, 2.75) is 57.9 Å². The second-order valence-corrected chi connectivity index (χ2v) is 8.13. The summed E-state index contributed by atoms with van der Waals surface area (Å²) in [5.74, 6) is 0.955. The van der Waals surface area contributed by atoms with Crippen LogP contribution in [0.4, 0.5) is 0 Å². The summed E-state index contributed by atoms with van der Waals surface area (Å²) in [6, 6.07) is 0. The van der Waals surface area contributed by atoms with Gasteiger partial charge in [-0.3, -0.25) is 0 Å². The first-order valence-electron chi connectivity index (χ1n) is 6.31. The van der Waals surface area contributed by atoms with E-state index in [1.165, 1.54) is 38.5 Å². The van der Waals surface area contributed by atoms with E-state index < -0.39 is 10.2 Å². The van der Waals surface area contributed by atoms with Crippen molar-refractivity contribution in [2.24, 2.45) is 22.5 Å². The third-order valence-electron chi connectivity index (χ3n) is 4.67. The van der Waals surface area contributed by atoms with Gasteiger partial charge in [-0.25, -0.2) is 18.6 Å². The molecule has 0 heterocycles. The average molecular weight is 279 g/mol. The minimum absolute atomic E-state index is 0.225. The van der Waals surface area contributed by atoms with Crippen LogP contribution in [-0.4, -0.2) is 5.54 Å². The number of halogens is 1. The molecule has 0 aromatic carbocycles. The number of hydrogen-bond acceptors (Lipinski definition) is 5. The molecular formula is C12H21ClNO4-. The zero-order valence-electron chi connectivity index (χ0n) is 10.9. The van der Waals surface area contributed by atoms with Crippen LogP contribution in [0.15, 0.2) is 0 Å². The lowest BCUT2D eigenvalue weighted by molar-refractivity contribution is -2.00. The standard InChI is InChI=1S/C12H21N.ClHO4/c1-10-3-9-4-11(2,6-10)8-12(13,5-9)7-10;2-1(3,4)5/h9H,3-8,13H2,1-2H3;(H,2,3,4,5)/p-1. The van der Waals surface area contributed by atoms with Crippen molar-refractivity contribution in [1.82, 2.24) is 0 Å². The predicted octanol–water partition coefficient (Wildman–Crippen LogP) is -2.06. The molecule has 4 aliphatic rings. The van der Waals surface area contributed by atoms with Crippen LogP contribution in [0, 0.1) is 27.0 Å². The Balaban J connectivity index is 0.000000209. The van der Waals surface area contributed by atoms with Gasteiger partial charge < -0.3 is 5.73 Å². The maximum atomic E-state index is 8.49. The van der Waals surface area contributed by atoms with Crippen molar-refractivity contribution in [1.29, 1.82) is 0 Å². The molecule has 0 aliphatic heterocycles. The number of hydrogen-bond donors (Lipinski definition) is 1. The van der Waals surface area contributed by atoms with E-state index in [4.69, 9.17) is 24.4 Å². The van der Waals surface area contributed by atoms with Crippen LogP contribution in [0.2, 0.25) is 0 Å². The largest absolute Gasteiger partial charge is 0.325 e. The van der Waals surface area contributed by atoms with Crippen LogP contribution >= 0.6 is 0 Å². The van der Waals surface area contributed by atoms with E-state index in [0.29, 0.717) is 10.8 Å². The van der Waals surface area contributed by atoms with E-state index in [1.54, 1.807) is 0 Å². The Morgan fingerprint density at radius 3 is 1.56 bits per heavy atom. The van der Waals surface area contributed by atoms with Crippen molar-refractivity contribution in [3.05, 3.63) is 0 Å². The van der Waals surface area contributed by atoms with Gasteiger partial charge in [0.05, 0.1) is 0 Å². The molecule has 4 saturated carbocycles. The SMILES string of the molecule is CC12CC3CC(C)(C1)CC(N)(C3)C2.[O-][Cl+3]([O-])([O-])[O-]. The van der Waals surface area contributed by atoms with Crippen LogP contribution in [0.1, 0.15) is 52.4 Å². The minimum Gasteiger partial charge on any atom is -0.325 e. The molecule has 4 fully saturated rings. The average Bonchev–Trinajstić information content (AvgIpc) is 1.87. The molecule has 18 heavy (non-hydrogen) atoms. The minimum atomic E-state index is -4.94. The lowest BCUT2D eigenvalue weighted by atomic mass is 9.43. The highest BCUT2D eigenvalue weighted by Gasteiger charge is 2.58. The lowest BCUT2D eigenvalue weighted by Crippen LogP contribution is -2.68. The third-order valence-corrected chi connectivity index (χ3v) is 4.67. The smallest absolute Gasteiger partial charge is 0.0167 e. The topological polar surface area (TPSA) is 118 Å². The fourth-order valence-corrected chi connectivity index (χ4v) is 5.54. The Bertz CT molecular complexity index is 287. The van der Waals surface area contributed by atoms with Crippen LogP contribution in [0.25, 0.3) is 0 Å². The Kier molecular flexibility index (Phi) is 3.25. The van der Waals surface area contributed by atoms with Gasteiger partial charge in [-0.1, -0.05) is 13.8 Å². The van der Waals surface area contributed by atoms with Gasteiger partial charge in [-0.2, -0.15) is 0 Å². The first-order chi connectivity index (χ1) is 7.91. The van der Waals surface area contributed by atoms with Crippen molar-refractivity contribution in [3.63, 3.8) is 0 Å². The molecule has 2 N–H and O–H groups in total. The van der Waals surface area contributed by atoms with E-state index in [9.17, 15) is 0 Å². The molecule has 4 bridgehead atoms. The van der Waals surface area contributed by atoms with E-state index in [0.717, 1.165) is 5.92 Å². The van der Waals surface area contributed by atoms with Gasteiger partial charge in [0, 0.05) is 5.54 Å². The Hall–Kier alpha value is 0.0900. The molecule has 2 atom stereocenters. The second kappa shape index (κ2) is 4.04. The molecule has 2 unspecified atom stereocenters. The van der Waals surface area contributed by atoms with Crippen molar-refractivity contribution in [2.75, 3.05) is 0 Å². The number of rotatable bonds is 0. The molecule has 106 valence electrons. The molecule has 0 amide bonds. The first-order valence-corrected chi connectivity index (χ1v) is 7.55. The van der Waals surface area contributed by atoms with Crippen molar-refractivity contribution < 1.29 is 28.9 Å². The molecule has 0 spiro atoms. The highest BCUT2D eigenvalue weighted by molar-refractivity contribution is 5.12. The quantitative estimate of drug-likeness (QED) is 0.546.